The third kappa shape index (κ3) is 11.0. The molecular formula is C29H45N3O5. The third-order valence-corrected chi connectivity index (χ3v) is 6.44. The lowest BCUT2D eigenvalue weighted by molar-refractivity contribution is -0.149. The summed E-state index contributed by atoms with van der Waals surface area (Å²) in [5, 5.41) is 6.78. The minimum absolute atomic E-state index is 0.0828. The van der Waals surface area contributed by atoms with Crippen molar-refractivity contribution in [2.75, 3.05) is 20.3 Å². The van der Waals surface area contributed by atoms with Crippen molar-refractivity contribution in [3.8, 4) is 0 Å². The Morgan fingerprint density at radius 1 is 0.919 bits per heavy atom. The molecule has 0 aliphatic heterocycles. The summed E-state index contributed by atoms with van der Waals surface area (Å²) >= 11 is 0. The van der Waals surface area contributed by atoms with Gasteiger partial charge in [-0.2, -0.15) is 0 Å². The van der Waals surface area contributed by atoms with Gasteiger partial charge in [-0.3, -0.25) is 9.59 Å². The van der Waals surface area contributed by atoms with Gasteiger partial charge in [-0.15, -0.1) is 0 Å². The molecule has 37 heavy (non-hydrogen) atoms. The van der Waals surface area contributed by atoms with Gasteiger partial charge in [0, 0.05) is 29.9 Å². The number of esters is 2. The monoisotopic (exact) mass is 515 g/mol. The standard InChI is InChI=1S/C29H45N3O5/c1-5-6-7-8-11-17-36-29(35)26(19-22-20-31-24-13-10-9-12-23(22)24)32-27(33)15-14-25(30-4)28(34)37-18-16-21(2)3/h9-10,12-13,20-21,25-26,30-31H,5-8,11,14-19H2,1-4H3,(H,32,33). The molecule has 0 fully saturated rings. The zero-order valence-corrected chi connectivity index (χ0v) is 22.9. The van der Waals surface area contributed by atoms with Crippen molar-refractivity contribution in [3.63, 3.8) is 0 Å². The first-order chi connectivity index (χ1) is 17.8. The van der Waals surface area contributed by atoms with Crippen LogP contribution in [-0.2, 0) is 30.3 Å². The fraction of sp³-hybridized carbons (Fsp3) is 0.621. The van der Waals surface area contributed by atoms with Crippen molar-refractivity contribution >= 4 is 28.7 Å². The van der Waals surface area contributed by atoms with Crippen LogP contribution in [0.4, 0.5) is 0 Å². The Labute approximate surface area is 221 Å². The van der Waals surface area contributed by atoms with E-state index >= 15 is 0 Å². The maximum absolute atomic E-state index is 13.0. The molecule has 8 heteroatoms. The number of ether oxygens (including phenoxy) is 2. The zero-order valence-electron chi connectivity index (χ0n) is 22.9. The van der Waals surface area contributed by atoms with Crippen LogP contribution in [0.5, 0.6) is 0 Å². The van der Waals surface area contributed by atoms with E-state index in [-0.39, 0.29) is 24.7 Å². The normalized spacial score (nSPS) is 12.9. The van der Waals surface area contributed by atoms with Crippen LogP contribution < -0.4 is 10.6 Å². The number of rotatable bonds is 18. The second-order valence-corrected chi connectivity index (χ2v) is 10.00. The molecule has 1 aromatic carbocycles. The van der Waals surface area contributed by atoms with Crippen molar-refractivity contribution in [1.82, 2.24) is 15.6 Å². The van der Waals surface area contributed by atoms with E-state index in [0.29, 0.717) is 25.6 Å². The van der Waals surface area contributed by atoms with Gasteiger partial charge in [-0.1, -0.05) is 64.7 Å². The van der Waals surface area contributed by atoms with Crippen LogP contribution in [0.25, 0.3) is 10.9 Å². The third-order valence-electron chi connectivity index (χ3n) is 6.44. The van der Waals surface area contributed by atoms with Crippen LogP contribution in [0.1, 0.15) is 77.7 Å². The van der Waals surface area contributed by atoms with Gasteiger partial charge in [0.15, 0.2) is 0 Å². The molecule has 2 atom stereocenters. The van der Waals surface area contributed by atoms with Gasteiger partial charge in [-0.05, 0) is 43.9 Å². The molecule has 1 heterocycles. The summed E-state index contributed by atoms with van der Waals surface area (Å²) < 4.78 is 10.9. The summed E-state index contributed by atoms with van der Waals surface area (Å²) in [4.78, 5) is 41.4. The van der Waals surface area contributed by atoms with E-state index in [4.69, 9.17) is 9.47 Å². The number of amides is 1. The maximum atomic E-state index is 13.0. The van der Waals surface area contributed by atoms with E-state index in [2.05, 4.69) is 36.4 Å². The first-order valence-corrected chi connectivity index (χ1v) is 13.7. The number of carbonyl (C=O) groups is 3. The fourth-order valence-electron chi connectivity index (χ4n) is 4.11. The number of fused-ring (bicyclic) bond motifs is 1. The van der Waals surface area contributed by atoms with Gasteiger partial charge < -0.3 is 25.1 Å². The average Bonchev–Trinajstić information content (AvgIpc) is 3.28. The number of hydrogen-bond donors (Lipinski definition) is 3. The number of carbonyl (C=O) groups excluding carboxylic acids is 3. The number of nitrogens with one attached hydrogen (secondary N) is 3. The number of hydrogen-bond acceptors (Lipinski definition) is 6. The van der Waals surface area contributed by atoms with Crippen LogP contribution in [0.3, 0.4) is 0 Å². The molecule has 0 bridgehead atoms. The highest BCUT2D eigenvalue weighted by molar-refractivity contribution is 5.87. The molecule has 1 aromatic heterocycles. The predicted molar refractivity (Wildman–Crippen MR) is 146 cm³/mol. The quantitative estimate of drug-likeness (QED) is 0.197. The SMILES string of the molecule is CCCCCCCOC(=O)C(Cc1c[nH]c2ccccc12)NC(=O)CCC(NC)C(=O)OCCC(C)C. The number of aromatic nitrogens is 1. The molecule has 2 aromatic rings. The lowest BCUT2D eigenvalue weighted by Gasteiger charge is -2.19. The number of likely N-dealkylation sites (N-methyl/N-ethyl adjacent to an activating group) is 1. The van der Waals surface area contributed by atoms with Crippen molar-refractivity contribution in [2.45, 2.75) is 90.6 Å². The van der Waals surface area contributed by atoms with Crippen molar-refractivity contribution in [2.24, 2.45) is 5.92 Å². The molecular weight excluding hydrogens is 470 g/mol. The Morgan fingerprint density at radius 3 is 2.35 bits per heavy atom. The Balaban J connectivity index is 1.96. The van der Waals surface area contributed by atoms with Crippen molar-refractivity contribution in [3.05, 3.63) is 36.0 Å². The lowest BCUT2D eigenvalue weighted by Crippen LogP contribution is -2.44. The summed E-state index contributed by atoms with van der Waals surface area (Å²) in [6.07, 6.45) is 8.60. The first kappa shape index (κ1) is 30.4. The second kappa shape index (κ2) is 16.8. The van der Waals surface area contributed by atoms with Crippen molar-refractivity contribution < 1.29 is 23.9 Å². The summed E-state index contributed by atoms with van der Waals surface area (Å²) in [5.74, 6) is -0.669. The van der Waals surface area contributed by atoms with Gasteiger partial charge in [0.05, 0.1) is 13.2 Å². The Hall–Kier alpha value is -2.87. The summed E-state index contributed by atoms with van der Waals surface area (Å²) in [7, 11) is 1.67. The molecule has 206 valence electrons. The largest absolute Gasteiger partial charge is 0.465 e. The van der Waals surface area contributed by atoms with E-state index < -0.39 is 18.1 Å². The lowest BCUT2D eigenvalue weighted by atomic mass is 10.0. The number of H-pyrrole nitrogens is 1. The highest BCUT2D eigenvalue weighted by atomic mass is 16.5. The van der Waals surface area contributed by atoms with Crippen LogP contribution in [-0.4, -0.2) is 55.2 Å². The van der Waals surface area contributed by atoms with Gasteiger partial charge in [-0.25, -0.2) is 4.79 Å². The minimum Gasteiger partial charge on any atom is -0.465 e. The number of unbranched alkanes of at least 4 members (excludes halogenated alkanes) is 4. The molecule has 0 saturated heterocycles. The molecule has 0 aliphatic rings. The van der Waals surface area contributed by atoms with E-state index in [1.807, 2.05) is 30.5 Å². The van der Waals surface area contributed by atoms with Crippen LogP contribution in [0, 0.1) is 5.92 Å². The molecule has 1 amide bonds. The van der Waals surface area contributed by atoms with Crippen LogP contribution >= 0.6 is 0 Å². The number of aromatic amines is 1. The fourth-order valence-corrected chi connectivity index (χ4v) is 4.11. The molecule has 2 rings (SSSR count). The first-order valence-electron chi connectivity index (χ1n) is 13.7. The summed E-state index contributed by atoms with van der Waals surface area (Å²) in [5.41, 5.74) is 1.90. The van der Waals surface area contributed by atoms with E-state index in [1.165, 1.54) is 6.42 Å². The highest BCUT2D eigenvalue weighted by Crippen LogP contribution is 2.19. The smallest absolute Gasteiger partial charge is 0.328 e. The molecule has 0 spiro atoms. The number of para-hydroxylation sites is 1. The van der Waals surface area contributed by atoms with Crippen LogP contribution in [0.2, 0.25) is 0 Å². The predicted octanol–water partition coefficient (Wildman–Crippen LogP) is 4.67. The van der Waals surface area contributed by atoms with Gasteiger partial charge in [0.25, 0.3) is 0 Å². The Kier molecular flexibility index (Phi) is 13.8. The van der Waals surface area contributed by atoms with E-state index in [9.17, 15) is 14.4 Å². The van der Waals surface area contributed by atoms with E-state index in [0.717, 1.165) is 48.6 Å². The molecule has 3 N–H and O–H groups in total. The summed E-state index contributed by atoms with van der Waals surface area (Å²) in [6.45, 7) is 6.99. The van der Waals surface area contributed by atoms with E-state index in [1.54, 1.807) is 7.05 Å². The molecule has 2 unspecified atom stereocenters. The van der Waals surface area contributed by atoms with Gasteiger partial charge >= 0.3 is 11.9 Å². The zero-order chi connectivity index (χ0) is 27.0. The van der Waals surface area contributed by atoms with Crippen LogP contribution in [0.15, 0.2) is 30.5 Å². The topological polar surface area (TPSA) is 110 Å². The molecule has 0 radical (unpaired) electrons. The second-order valence-electron chi connectivity index (χ2n) is 10.00. The Bertz CT molecular complexity index is 971. The Morgan fingerprint density at radius 2 is 1.62 bits per heavy atom. The average molecular weight is 516 g/mol. The maximum Gasteiger partial charge on any atom is 0.328 e. The minimum atomic E-state index is -0.812. The number of benzene rings is 1. The van der Waals surface area contributed by atoms with Gasteiger partial charge in [0.1, 0.15) is 12.1 Å². The molecule has 0 aliphatic carbocycles. The van der Waals surface area contributed by atoms with Crippen molar-refractivity contribution in [1.29, 1.82) is 0 Å². The van der Waals surface area contributed by atoms with Gasteiger partial charge in [0.2, 0.25) is 5.91 Å². The highest BCUT2D eigenvalue weighted by Gasteiger charge is 2.25. The summed E-state index contributed by atoms with van der Waals surface area (Å²) in [6, 6.07) is 6.45. The molecule has 0 saturated carbocycles. The molecule has 8 nitrogen and oxygen atoms in total.